The van der Waals surface area contributed by atoms with Gasteiger partial charge in [0.2, 0.25) is 10.0 Å². The van der Waals surface area contributed by atoms with Crippen LogP contribution in [0.4, 0.5) is 16.2 Å². The number of anilines is 2. The van der Waals surface area contributed by atoms with Crippen LogP contribution in [-0.4, -0.2) is 68.6 Å². The van der Waals surface area contributed by atoms with Crippen LogP contribution >= 0.6 is 0 Å². The molecule has 1 aromatic carbocycles. The molecule has 2 saturated heterocycles. The van der Waals surface area contributed by atoms with E-state index in [0.29, 0.717) is 44.0 Å². The zero-order chi connectivity index (χ0) is 25.1. The Morgan fingerprint density at radius 1 is 1.06 bits per heavy atom. The molecule has 188 valence electrons. The Bertz CT molecular complexity index is 1040. The third kappa shape index (κ3) is 6.62. The van der Waals surface area contributed by atoms with Gasteiger partial charge in [-0.1, -0.05) is 6.07 Å². The maximum absolute atomic E-state index is 12.5. The molecule has 3 N–H and O–H groups in total. The SMILES string of the molecule is Cc1ccc(N2CCCS2(=O)=O)cc1NC(=O)C(=O)NCC1CCN(C(=O)NC(C)(C)C)CC1. The lowest BCUT2D eigenvalue weighted by molar-refractivity contribution is -0.136. The lowest BCUT2D eigenvalue weighted by Crippen LogP contribution is -2.51. The van der Waals surface area contributed by atoms with Gasteiger partial charge in [0.05, 0.1) is 11.4 Å². The van der Waals surface area contributed by atoms with Crippen molar-refractivity contribution in [2.24, 2.45) is 5.92 Å². The minimum Gasteiger partial charge on any atom is -0.348 e. The Balaban J connectivity index is 1.49. The topological polar surface area (TPSA) is 128 Å². The molecular weight excluding hydrogens is 458 g/mol. The molecule has 2 aliphatic heterocycles. The van der Waals surface area contributed by atoms with E-state index in [1.54, 1.807) is 30.0 Å². The molecule has 0 saturated carbocycles. The van der Waals surface area contributed by atoms with Crippen molar-refractivity contribution in [3.05, 3.63) is 23.8 Å². The van der Waals surface area contributed by atoms with Crippen LogP contribution in [0.1, 0.15) is 45.6 Å². The third-order valence-corrected chi connectivity index (χ3v) is 7.87. The van der Waals surface area contributed by atoms with Gasteiger partial charge in [0.25, 0.3) is 0 Å². The van der Waals surface area contributed by atoms with Gasteiger partial charge in [-0.25, -0.2) is 13.2 Å². The number of carbonyl (C=O) groups is 3. The first kappa shape index (κ1) is 25.8. The summed E-state index contributed by atoms with van der Waals surface area (Å²) in [6, 6.07) is 4.91. The number of benzene rings is 1. The van der Waals surface area contributed by atoms with Crippen molar-refractivity contribution in [1.29, 1.82) is 0 Å². The van der Waals surface area contributed by atoms with Crippen molar-refractivity contribution in [2.75, 3.05) is 41.6 Å². The Morgan fingerprint density at radius 2 is 1.74 bits per heavy atom. The second kappa shape index (κ2) is 10.2. The van der Waals surface area contributed by atoms with Crippen LogP contribution in [0, 0.1) is 12.8 Å². The molecule has 0 unspecified atom stereocenters. The fourth-order valence-corrected chi connectivity index (χ4v) is 5.62. The van der Waals surface area contributed by atoms with Gasteiger partial charge in [0.1, 0.15) is 0 Å². The fraction of sp³-hybridized carbons (Fsp3) is 0.609. The Kier molecular flexibility index (Phi) is 7.74. The predicted molar refractivity (Wildman–Crippen MR) is 131 cm³/mol. The average molecular weight is 494 g/mol. The number of piperidine rings is 1. The second-order valence-electron chi connectivity index (χ2n) is 10.0. The summed E-state index contributed by atoms with van der Waals surface area (Å²) in [7, 11) is -3.34. The molecule has 10 nitrogen and oxygen atoms in total. The molecule has 1 aromatic rings. The van der Waals surface area contributed by atoms with E-state index in [1.807, 2.05) is 20.8 Å². The van der Waals surface area contributed by atoms with Crippen LogP contribution in [-0.2, 0) is 19.6 Å². The van der Waals surface area contributed by atoms with Gasteiger partial charge >= 0.3 is 17.8 Å². The summed E-state index contributed by atoms with van der Waals surface area (Å²) < 4.78 is 25.7. The number of rotatable bonds is 4. The summed E-state index contributed by atoms with van der Waals surface area (Å²) in [5, 5.41) is 8.23. The second-order valence-corrected chi connectivity index (χ2v) is 12.0. The predicted octanol–water partition coefficient (Wildman–Crippen LogP) is 1.81. The highest BCUT2D eigenvalue weighted by Gasteiger charge is 2.29. The highest BCUT2D eigenvalue weighted by molar-refractivity contribution is 7.93. The number of aryl methyl sites for hydroxylation is 1. The molecule has 0 atom stereocenters. The van der Waals surface area contributed by atoms with Crippen molar-refractivity contribution >= 4 is 39.2 Å². The molecule has 0 aliphatic carbocycles. The zero-order valence-electron chi connectivity index (χ0n) is 20.3. The number of nitrogens with zero attached hydrogens (tertiary/aromatic N) is 2. The molecule has 3 rings (SSSR count). The summed E-state index contributed by atoms with van der Waals surface area (Å²) >= 11 is 0. The molecule has 2 fully saturated rings. The fourth-order valence-electron chi connectivity index (χ4n) is 4.07. The first-order valence-corrected chi connectivity index (χ1v) is 13.2. The van der Waals surface area contributed by atoms with Gasteiger partial charge in [-0.15, -0.1) is 0 Å². The zero-order valence-corrected chi connectivity index (χ0v) is 21.1. The molecule has 11 heteroatoms. The van der Waals surface area contributed by atoms with Crippen molar-refractivity contribution in [2.45, 2.75) is 52.5 Å². The molecule has 0 radical (unpaired) electrons. The van der Waals surface area contributed by atoms with E-state index in [0.717, 1.165) is 18.4 Å². The van der Waals surface area contributed by atoms with Crippen LogP contribution < -0.4 is 20.3 Å². The van der Waals surface area contributed by atoms with Crippen LogP contribution in [0.3, 0.4) is 0 Å². The number of likely N-dealkylation sites (tertiary alicyclic amines) is 1. The molecule has 2 heterocycles. The van der Waals surface area contributed by atoms with Gasteiger partial charge in [-0.05, 0) is 70.6 Å². The molecule has 0 spiro atoms. The third-order valence-electron chi connectivity index (χ3n) is 6.00. The van der Waals surface area contributed by atoms with Crippen molar-refractivity contribution in [3.8, 4) is 0 Å². The highest BCUT2D eigenvalue weighted by Crippen LogP contribution is 2.28. The van der Waals surface area contributed by atoms with Crippen molar-refractivity contribution < 1.29 is 22.8 Å². The average Bonchev–Trinajstić information content (AvgIpc) is 3.11. The maximum atomic E-state index is 12.5. The number of amides is 4. The quantitative estimate of drug-likeness (QED) is 0.551. The summed E-state index contributed by atoms with van der Waals surface area (Å²) in [5.41, 5.74) is 1.30. The van der Waals surface area contributed by atoms with Crippen molar-refractivity contribution in [1.82, 2.24) is 15.5 Å². The normalized spacial score (nSPS) is 18.5. The Labute approximate surface area is 201 Å². The molecular formula is C23H35N5O5S. The molecule has 34 heavy (non-hydrogen) atoms. The molecule has 4 amide bonds. The smallest absolute Gasteiger partial charge is 0.317 e. The minimum atomic E-state index is -3.34. The van der Waals surface area contributed by atoms with E-state index in [4.69, 9.17) is 0 Å². The van der Waals surface area contributed by atoms with Gasteiger partial charge in [0, 0.05) is 37.4 Å². The van der Waals surface area contributed by atoms with E-state index in [1.165, 1.54) is 4.31 Å². The molecule has 0 bridgehead atoms. The summed E-state index contributed by atoms with van der Waals surface area (Å²) in [6.45, 7) is 9.53. The van der Waals surface area contributed by atoms with E-state index < -0.39 is 21.8 Å². The summed E-state index contributed by atoms with van der Waals surface area (Å²) in [5.74, 6) is -1.26. The number of hydrogen-bond acceptors (Lipinski definition) is 5. The maximum Gasteiger partial charge on any atom is 0.317 e. The van der Waals surface area contributed by atoms with Gasteiger partial charge in [-0.2, -0.15) is 0 Å². The number of nitrogens with one attached hydrogen (secondary N) is 3. The Morgan fingerprint density at radius 3 is 2.32 bits per heavy atom. The van der Waals surface area contributed by atoms with Crippen LogP contribution in [0.25, 0.3) is 0 Å². The summed E-state index contributed by atoms with van der Waals surface area (Å²) in [4.78, 5) is 38.9. The van der Waals surface area contributed by atoms with Crippen LogP contribution in [0.5, 0.6) is 0 Å². The largest absolute Gasteiger partial charge is 0.348 e. The van der Waals surface area contributed by atoms with Crippen LogP contribution in [0.15, 0.2) is 18.2 Å². The van der Waals surface area contributed by atoms with Gasteiger partial charge in [0.15, 0.2) is 0 Å². The first-order valence-electron chi connectivity index (χ1n) is 11.6. The van der Waals surface area contributed by atoms with E-state index in [9.17, 15) is 22.8 Å². The Hall–Kier alpha value is -2.82. The monoisotopic (exact) mass is 493 g/mol. The number of sulfonamides is 1. The van der Waals surface area contributed by atoms with Gasteiger partial charge in [-0.3, -0.25) is 13.9 Å². The lowest BCUT2D eigenvalue weighted by atomic mass is 9.97. The van der Waals surface area contributed by atoms with Crippen LogP contribution in [0.2, 0.25) is 0 Å². The standard InChI is InChI=1S/C23H35N5O5S/c1-16-6-7-18(28-10-5-13-34(28,32)33)14-19(16)25-21(30)20(29)24-15-17-8-11-27(12-9-17)22(31)26-23(2,3)4/h6-7,14,17H,5,8-13,15H2,1-4H3,(H,24,29)(H,25,30)(H,26,31). The molecule has 2 aliphatic rings. The van der Waals surface area contributed by atoms with Crippen molar-refractivity contribution in [3.63, 3.8) is 0 Å². The van der Waals surface area contributed by atoms with E-state index in [2.05, 4.69) is 16.0 Å². The lowest BCUT2D eigenvalue weighted by Gasteiger charge is -2.34. The van der Waals surface area contributed by atoms with E-state index >= 15 is 0 Å². The number of urea groups is 1. The first-order chi connectivity index (χ1) is 15.9. The highest BCUT2D eigenvalue weighted by atomic mass is 32.2. The number of hydrogen-bond donors (Lipinski definition) is 3. The number of carbonyl (C=O) groups excluding carboxylic acids is 3. The minimum absolute atomic E-state index is 0.0892. The summed E-state index contributed by atoms with van der Waals surface area (Å²) in [6.07, 6.45) is 2.04. The molecule has 0 aromatic heterocycles. The van der Waals surface area contributed by atoms with Gasteiger partial charge < -0.3 is 20.9 Å². The van der Waals surface area contributed by atoms with E-state index in [-0.39, 0.29) is 23.2 Å².